The largest absolute Gasteiger partial charge is 0.497 e. The molecule has 5 N–H and O–H groups in total. The molecule has 0 radical (unpaired) electrons. The lowest BCUT2D eigenvalue weighted by molar-refractivity contribution is -0.178. The van der Waals surface area contributed by atoms with Crippen LogP contribution in [0.5, 0.6) is 5.75 Å². The van der Waals surface area contributed by atoms with Crippen LogP contribution in [0.15, 0.2) is 114 Å². The molecule has 0 bridgehead atoms. The molecule has 1 unspecified atom stereocenters. The second-order valence-corrected chi connectivity index (χ2v) is 19.3. The standard InChI is InChI=1S/C40H46F3N5O6Si/c1-26(54-35(49)27-20-22-30(52-6)23-21-27)39(44)34(47-48-45)33(46-29-15-13-14-28(24-29)40(41,42)43)38(51,37(39,5)50)25-53-55(36(2,3)4,31-16-9-7-10-17-31)32-18-11-8-12-19-32/h7-24,26,33-34,46,50-51H,25,44H2,1-6H3/t26-,33-,34?,37-,38+,39-/m0/s1. The highest BCUT2D eigenvalue weighted by molar-refractivity contribution is 6.99. The number of esters is 1. The summed E-state index contributed by atoms with van der Waals surface area (Å²) in [5.74, 6) is -0.367. The number of ether oxygens (including phenoxy) is 2. The van der Waals surface area contributed by atoms with Crippen molar-refractivity contribution in [2.75, 3.05) is 19.0 Å². The molecule has 0 amide bonds. The second kappa shape index (κ2) is 15.3. The van der Waals surface area contributed by atoms with Gasteiger partial charge in [-0.1, -0.05) is 92.6 Å². The third kappa shape index (κ3) is 7.31. The van der Waals surface area contributed by atoms with Gasteiger partial charge >= 0.3 is 12.1 Å². The van der Waals surface area contributed by atoms with Crippen molar-refractivity contribution >= 4 is 30.3 Å². The molecule has 0 aromatic heterocycles. The number of nitrogens with one attached hydrogen (secondary N) is 1. The van der Waals surface area contributed by atoms with Gasteiger partial charge in [0.1, 0.15) is 23.1 Å². The van der Waals surface area contributed by atoms with E-state index in [0.29, 0.717) is 5.75 Å². The van der Waals surface area contributed by atoms with Gasteiger partial charge in [0, 0.05) is 10.6 Å². The van der Waals surface area contributed by atoms with Gasteiger partial charge in [-0.05, 0) is 77.3 Å². The number of azide groups is 1. The quantitative estimate of drug-likeness (QED) is 0.0434. The summed E-state index contributed by atoms with van der Waals surface area (Å²) < 4.78 is 59.8. The van der Waals surface area contributed by atoms with Gasteiger partial charge in [-0.25, -0.2) is 4.79 Å². The smallest absolute Gasteiger partial charge is 0.416 e. The molecule has 11 nitrogen and oxygen atoms in total. The van der Waals surface area contributed by atoms with Gasteiger partial charge in [-0.15, -0.1) is 0 Å². The first-order valence-electron chi connectivity index (χ1n) is 17.6. The molecule has 292 valence electrons. The summed E-state index contributed by atoms with van der Waals surface area (Å²) in [6.07, 6.45) is -6.19. The molecule has 0 spiro atoms. The number of rotatable bonds is 12. The summed E-state index contributed by atoms with van der Waals surface area (Å²) in [5, 5.41) is 33.8. The Balaban J connectivity index is 1.68. The van der Waals surface area contributed by atoms with Gasteiger partial charge in [-0.2, -0.15) is 13.2 Å². The number of halogens is 3. The fraction of sp³-hybridized carbons (Fsp3) is 0.375. The lowest BCUT2D eigenvalue weighted by atomic mass is 9.74. The zero-order valence-corrected chi connectivity index (χ0v) is 32.4. The molecule has 4 aromatic carbocycles. The van der Waals surface area contributed by atoms with Gasteiger partial charge < -0.3 is 35.2 Å². The van der Waals surface area contributed by atoms with Crippen molar-refractivity contribution < 1.29 is 42.1 Å². The van der Waals surface area contributed by atoms with E-state index in [1.807, 2.05) is 81.4 Å². The van der Waals surface area contributed by atoms with E-state index in [1.54, 1.807) is 12.1 Å². The number of aliphatic hydroxyl groups is 2. The van der Waals surface area contributed by atoms with Crippen molar-refractivity contribution in [1.29, 1.82) is 0 Å². The maximum absolute atomic E-state index is 13.9. The Morgan fingerprint density at radius 1 is 0.964 bits per heavy atom. The zero-order chi connectivity index (χ0) is 40.5. The van der Waals surface area contributed by atoms with E-state index in [1.165, 1.54) is 45.2 Å². The Kier molecular flexibility index (Phi) is 11.5. The van der Waals surface area contributed by atoms with Gasteiger partial charge in [0.05, 0.1) is 42.5 Å². The number of hydrogen-bond acceptors (Lipinski definition) is 9. The van der Waals surface area contributed by atoms with Crippen molar-refractivity contribution in [1.82, 2.24) is 0 Å². The fourth-order valence-corrected chi connectivity index (χ4v) is 12.4. The first-order chi connectivity index (χ1) is 25.8. The molecule has 1 aliphatic carbocycles. The maximum atomic E-state index is 13.9. The molecule has 15 heteroatoms. The Bertz CT molecular complexity index is 1970. The number of nitrogens with zero attached hydrogens (tertiary/aromatic N) is 3. The number of benzene rings is 4. The van der Waals surface area contributed by atoms with Crippen molar-refractivity contribution in [3.63, 3.8) is 0 Å². The van der Waals surface area contributed by atoms with E-state index in [2.05, 4.69) is 15.3 Å². The van der Waals surface area contributed by atoms with Gasteiger partial charge in [-0.3, -0.25) is 0 Å². The molecule has 55 heavy (non-hydrogen) atoms. The lowest BCUT2D eigenvalue weighted by Crippen LogP contribution is -2.74. The summed E-state index contributed by atoms with van der Waals surface area (Å²) in [6, 6.07) is 25.9. The molecule has 1 aliphatic rings. The van der Waals surface area contributed by atoms with Crippen molar-refractivity contribution in [3.05, 3.63) is 131 Å². The van der Waals surface area contributed by atoms with Crippen molar-refractivity contribution in [2.45, 2.75) is 80.8 Å². The molecule has 0 aliphatic heterocycles. The lowest BCUT2D eigenvalue weighted by Gasteiger charge is -2.49. The number of nitrogens with two attached hydrogens (primary N) is 1. The summed E-state index contributed by atoms with van der Waals surface area (Å²) in [7, 11) is -2.00. The third-order valence-electron chi connectivity index (χ3n) is 10.9. The molecule has 4 aromatic rings. The number of hydrogen-bond donors (Lipinski definition) is 4. The van der Waals surface area contributed by atoms with Gasteiger partial charge in [0.25, 0.3) is 8.32 Å². The minimum absolute atomic E-state index is 0.109. The minimum Gasteiger partial charge on any atom is -0.497 e. The Morgan fingerprint density at radius 2 is 1.53 bits per heavy atom. The van der Waals surface area contributed by atoms with E-state index in [4.69, 9.17) is 19.6 Å². The van der Waals surface area contributed by atoms with Crippen LogP contribution in [0.4, 0.5) is 18.9 Å². The number of alkyl halides is 3. The monoisotopic (exact) mass is 777 g/mol. The van der Waals surface area contributed by atoms with E-state index in [-0.39, 0.29) is 11.3 Å². The molecule has 1 fully saturated rings. The van der Waals surface area contributed by atoms with Crippen LogP contribution in [0.25, 0.3) is 10.4 Å². The van der Waals surface area contributed by atoms with Crippen LogP contribution >= 0.6 is 0 Å². The highest BCUT2D eigenvalue weighted by Crippen LogP contribution is 2.51. The topological polar surface area (TPSA) is 172 Å². The molecule has 5 rings (SSSR count). The first kappa shape index (κ1) is 41.3. The SMILES string of the molecule is COc1ccc(C(=O)O[C@@H](C)[C@]2(N)C(N=[N+]=[N-])[C@H](Nc3cccc(C(F)(F)F)c3)[C@](O)(CO[Si](c3ccccc3)(c3ccccc3)C(C)(C)C)[C@]2(C)O)cc1. The van der Waals surface area contributed by atoms with Crippen molar-refractivity contribution in [3.8, 4) is 5.75 Å². The predicted octanol–water partition coefficient (Wildman–Crippen LogP) is 6.19. The van der Waals surface area contributed by atoms with Crippen LogP contribution in [0, 0.1) is 0 Å². The van der Waals surface area contributed by atoms with Crippen LogP contribution in [0.3, 0.4) is 0 Å². The molecular formula is C40H46F3N5O6Si. The van der Waals surface area contributed by atoms with Crippen LogP contribution in [-0.2, 0) is 15.3 Å². The first-order valence-corrected chi connectivity index (χ1v) is 19.5. The van der Waals surface area contributed by atoms with E-state index >= 15 is 0 Å². The van der Waals surface area contributed by atoms with Gasteiger partial charge in [0.2, 0.25) is 0 Å². The summed E-state index contributed by atoms with van der Waals surface area (Å²) in [5.41, 5.74) is 8.69. The van der Waals surface area contributed by atoms with E-state index in [0.717, 1.165) is 22.5 Å². The Labute approximate surface area is 319 Å². The van der Waals surface area contributed by atoms with E-state index in [9.17, 15) is 33.7 Å². The average molecular weight is 778 g/mol. The van der Waals surface area contributed by atoms with Crippen LogP contribution in [0.2, 0.25) is 5.04 Å². The fourth-order valence-electron chi connectivity index (χ4n) is 7.78. The minimum atomic E-state index is -4.71. The normalized spacial score (nSPS) is 24.7. The highest BCUT2D eigenvalue weighted by Gasteiger charge is 2.75. The van der Waals surface area contributed by atoms with Crippen LogP contribution in [-0.4, -0.2) is 73.1 Å². The molecule has 6 atom stereocenters. The second-order valence-electron chi connectivity index (χ2n) is 15.0. The zero-order valence-electron chi connectivity index (χ0n) is 31.4. The van der Waals surface area contributed by atoms with E-state index < -0.39 is 72.6 Å². The molecular weight excluding hydrogens is 732 g/mol. The summed E-state index contributed by atoms with van der Waals surface area (Å²) in [4.78, 5) is 16.5. The number of methoxy groups -OCH3 is 1. The number of carbonyl (C=O) groups is 1. The van der Waals surface area contributed by atoms with Crippen LogP contribution < -0.4 is 26.2 Å². The predicted molar refractivity (Wildman–Crippen MR) is 206 cm³/mol. The highest BCUT2D eigenvalue weighted by atomic mass is 28.4. The molecule has 1 saturated carbocycles. The third-order valence-corrected chi connectivity index (χ3v) is 15.9. The molecule has 0 saturated heterocycles. The van der Waals surface area contributed by atoms with Crippen molar-refractivity contribution in [2.24, 2.45) is 10.8 Å². The maximum Gasteiger partial charge on any atom is 0.416 e. The molecule has 0 heterocycles. The van der Waals surface area contributed by atoms with Crippen LogP contribution in [0.1, 0.15) is 50.5 Å². The number of carbonyl (C=O) groups excluding carboxylic acids is 1. The summed E-state index contributed by atoms with van der Waals surface area (Å²) in [6.45, 7) is 7.96. The Hall–Kier alpha value is -4.89. The van der Waals surface area contributed by atoms with Gasteiger partial charge in [0.15, 0.2) is 0 Å². The summed E-state index contributed by atoms with van der Waals surface area (Å²) >= 11 is 0. The number of anilines is 1. The Morgan fingerprint density at radius 3 is 2.02 bits per heavy atom. The average Bonchev–Trinajstić information content (AvgIpc) is 3.27.